The number of esters is 1. The van der Waals surface area contributed by atoms with E-state index in [0.717, 1.165) is 18.2 Å². The van der Waals surface area contributed by atoms with Gasteiger partial charge in [-0.3, -0.25) is 19.7 Å². The third-order valence-corrected chi connectivity index (χ3v) is 4.53. The van der Waals surface area contributed by atoms with Crippen LogP contribution in [0.4, 0.5) is 24.5 Å². The lowest BCUT2D eigenvalue weighted by molar-refractivity contribution is -0.385. The van der Waals surface area contributed by atoms with Crippen molar-refractivity contribution in [2.24, 2.45) is 0 Å². The van der Waals surface area contributed by atoms with Gasteiger partial charge >= 0.3 is 12.1 Å². The summed E-state index contributed by atoms with van der Waals surface area (Å²) in [7, 11) is 1.29. The van der Waals surface area contributed by atoms with Gasteiger partial charge in [0.2, 0.25) is 0 Å². The molecule has 0 heterocycles. The van der Waals surface area contributed by atoms with Gasteiger partial charge in [-0.15, -0.1) is 0 Å². The minimum atomic E-state index is -5.00. The number of nitro benzene ring substituents is 1. The molecule has 0 spiro atoms. The number of benzene rings is 2. The second-order valence-corrected chi connectivity index (χ2v) is 7.09. The van der Waals surface area contributed by atoms with Crippen molar-refractivity contribution in [3.8, 4) is 17.6 Å². The molecule has 9 nitrogen and oxygen atoms in total. The maximum atomic E-state index is 13.3. The summed E-state index contributed by atoms with van der Waals surface area (Å²) in [6.45, 7) is 1.17. The van der Waals surface area contributed by atoms with Gasteiger partial charge in [-0.1, -0.05) is 0 Å². The van der Waals surface area contributed by atoms with Crippen LogP contribution in [0.25, 0.3) is 6.08 Å². The molecule has 2 aromatic carbocycles. The van der Waals surface area contributed by atoms with Crippen molar-refractivity contribution in [2.75, 3.05) is 12.4 Å². The van der Waals surface area contributed by atoms with E-state index in [1.807, 2.05) is 5.32 Å². The molecule has 0 unspecified atom stereocenters. The lowest BCUT2D eigenvalue weighted by Gasteiger charge is -2.13. The van der Waals surface area contributed by atoms with E-state index in [0.29, 0.717) is 0 Å². The molecule has 0 saturated heterocycles. The number of nitro groups is 1. The molecule has 1 amide bonds. The number of carbonyl (C=O) groups is 2. The van der Waals surface area contributed by atoms with E-state index >= 15 is 0 Å². The smallest absolute Gasteiger partial charge is 0.418 e. The highest BCUT2D eigenvalue weighted by Gasteiger charge is 2.36. The summed E-state index contributed by atoms with van der Waals surface area (Å²) in [4.78, 5) is 33.5. The number of halogens is 4. The molecule has 0 bridgehead atoms. The predicted octanol–water partition coefficient (Wildman–Crippen LogP) is 4.86. The normalized spacial score (nSPS) is 11.4. The zero-order valence-electron chi connectivity index (χ0n) is 16.8. The average Bonchev–Trinajstić information content (AvgIpc) is 2.72. The zero-order chi connectivity index (χ0) is 24.9. The van der Waals surface area contributed by atoms with E-state index in [4.69, 9.17) is 9.47 Å². The average molecular weight is 528 g/mol. The van der Waals surface area contributed by atoms with Crippen LogP contribution < -0.4 is 14.8 Å². The Kier molecular flexibility index (Phi) is 7.78. The summed E-state index contributed by atoms with van der Waals surface area (Å²) in [5, 5.41) is 22.1. The molecule has 0 atom stereocenters. The van der Waals surface area contributed by atoms with Gasteiger partial charge < -0.3 is 14.8 Å². The Morgan fingerprint density at radius 2 is 1.94 bits per heavy atom. The predicted molar refractivity (Wildman–Crippen MR) is 112 cm³/mol. The van der Waals surface area contributed by atoms with E-state index in [2.05, 4.69) is 15.9 Å². The number of alkyl halides is 3. The lowest BCUT2D eigenvalue weighted by atomic mass is 10.1. The summed E-state index contributed by atoms with van der Waals surface area (Å²) < 4.78 is 50.3. The molecular formula is C20H13BrF3N3O6. The fourth-order valence-corrected chi connectivity index (χ4v) is 3.10. The van der Waals surface area contributed by atoms with Crippen LogP contribution in [0.1, 0.15) is 18.1 Å². The maximum Gasteiger partial charge on any atom is 0.418 e. The Morgan fingerprint density at radius 3 is 2.45 bits per heavy atom. The van der Waals surface area contributed by atoms with Crippen LogP contribution in [0.2, 0.25) is 0 Å². The number of carbonyl (C=O) groups excluding carboxylic acids is 2. The van der Waals surface area contributed by atoms with Gasteiger partial charge in [0.15, 0.2) is 11.5 Å². The highest BCUT2D eigenvalue weighted by Crippen LogP contribution is 2.38. The fourth-order valence-electron chi connectivity index (χ4n) is 2.56. The van der Waals surface area contributed by atoms with E-state index in [1.54, 1.807) is 6.07 Å². The molecule has 0 aliphatic carbocycles. The molecule has 0 radical (unpaired) electrons. The Morgan fingerprint density at radius 1 is 1.27 bits per heavy atom. The van der Waals surface area contributed by atoms with Crippen LogP contribution in [0.5, 0.6) is 11.5 Å². The van der Waals surface area contributed by atoms with Crippen LogP contribution in [0, 0.1) is 21.4 Å². The number of hydrogen-bond acceptors (Lipinski definition) is 7. The summed E-state index contributed by atoms with van der Waals surface area (Å²) in [6.07, 6.45) is -3.94. The topological polar surface area (TPSA) is 132 Å². The molecule has 2 rings (SSSR count). The van der Waals surface area contributed by atoms with Gasteiger partial charge in [0.05, 0.1) is 27.8 Å². The van der Waals surface area contributed by atoms with E-state index < -0.39 is 45.5 Å². The van der Waals surface area contributed by atoms with Crippen LogP contribution in [-0.4, -0.2) is 23.9 Å². The monoisotopic (exact) mass is 527 g/mol. The number of hydrogen-bond donors (Lipinski definition) is 1. The third kappa shape index (κ3) is 6.30. The molecule has 13 heteroatoms. The Balaban J connectivity index is 2.44. The van der Waals surface area contributed by atoms with Crippen molar-refractivity contribution < 1.29 is 37.2 Å². The number of nitrogens with zero attached hydrogens (tertiary/aromatic N) is 2. The molecule has 2 aromatic rings. The standard InChI is InChI=1S/C20H13BrF3N3O6/c1-10(28)33-18-15(21)6-11(7-17(18)32-2)5-12(9-25)19(29)26-16-4-3-13(27(30)31)8-14(16)20(22,23)24/h3-8H,1-2H3,(H,26,29). The lowest BCUT2D eigenvalue weighted by Crippen LogP contribution is -2.18. The largest absolute Gasteiger partial charge is 0.493 e. The van der Waals surface area contributed by atoms with Crippen molar-refractivity contribution in [2.45, 2.75) is 13.1 Å². The van der Waals surface area contributed by atoms with Crippen molar-refractivity contribution in [1.82, 2.24) is 0 Å². The number of anilines is 1. The number of methoxy groups -OCH3 is 1. The molecule has 1 N–H and O–H groups in total. The molecule has 0 fully saturated rings. The van der Waals surface area contributed by atoms with Gasteiger partial charge in [0.1, 0.15) is 11.6 Å². The molecule has 0 aromatic heterocycles. The number of amides is 1. The third-order valence-electron chi connectivity index (χ3n) is 3.94. The summed E-state index contributed by atoms with van der Waals surface area (Å²) >= 11 is 3.17. The summed E-state index contributed by atoms with van der Waals surface area (Å²) in [5.74, 6) is -1.68. The summed E-state index contributed by atoms with van der Waals surface area (Å²) in [6, 6.07) is 6.09. The van der Waals surface area contributed by atoms with E-state index in [-0.39, 0.29) is 27.6 Å². The maximum absolute atomic E-state index is 13.3. The first-order valence-corrected chi connectivity index (χ1v) is 9.51. The molecular weight excluding hydrogens is 515 g/mol. The number of nitriles is 1. The van der Waals surface area contributed by atoms with Gasteiger partial charge in [0, 0.05) is 19.1 Å². The first-order valence-electron chi connectivity index (χ1n) is 8.72. The molecule has 172 valence electrons. The van der Waals surface area contributed by atoms with E-state index in [9.17, 15) is 38.1 Å². The van der Waals surface area contributed by atoms with Gasteiger partial charge in [0.25, 0.3) is 11.6 Å². The molecule has 33 heavy (non-hydrogen) atoms. The zero-order valence-corrected chi connectivity index (χ0v) is 18.4. The number of rotatable bonds is 6. The van der Waals surface area contributed by atoms with Crippen LogP contribution >= 0.6 is 15.9 Å². The van der Waals surface area contributed by atoms with Gasteiger partial charge in [-0.25, -0.2) is 0 Å². The number of ether oxygens (including phenoxy) is 2. The minimum absolute atomic E-state index is 0.0470. The Labute approximate surface area is 192 Å². The SMILES string of the molecule is COc1cc(C=C(C#N)C(=O)Nc2ccc([N+](=O)[O-])cc2C(F)(F)F)cc(Br)c1OC(C)=O. The fraction of sp³-hybridized carbons (Fsp3) is 0.150. The van der Waals surface area contributed by atoms with Crippen molar-refractivity contribution >= 4 is 45.3 Å². The van der Waals surface area contributed by atoms with Gasteiger partial charge in [-0.2, -0.15) is 18.4 Å². The van der Waals surface area contributed by atoms with Crippen molar-refractivity contribution in [3.05, 3.63) is 61.6 Å². The molecule has 0 aliphatic heterocycles. The van der Waals surface area contributed by atoms with Crippen molar-refractivity contribution in [1.29, 1.82) is 5.26 Å². The number of nitrogens with one attached hydrogen (secondary N) is 1. The Hall–Kier alpha value is -3.92. The second-order valence-electron chi connectivity index (χ2n) is 6.24. The first-order chi connectivity index (χ1) is 15.4. The quantitative estimate of drug-likeness (QED) is 0.142. The Bertz CT molecular complexity index is 1200. The molecule has 0 saturated carbocycles. The first kappa shape index (κ1) is 25.3. The van der Waals surface area contributed by atoms with Crippen LogP contribution in [0.3, 0.4) is 0 Å². The molecule has 0 aliphatic rings. The van der Waals surface area contributed by atoms with Crippen LogP contribution in [0.15, 0.2) is 40.4 Å². The highest BCUT2D eigenvalue weighted by molar-refractivity contribution is 9.10. The minimum Gasteiger partial charge on any atom is -0.493 e. The van der Waals surface area contributed by atoms with Crippen LogP contribution in [-0.2, 0) is 15.8 Å². The van der Waals surface area contributed by atoms with Crippen molar-refractivity contribution in [3.63, 3.8) is 0 Å². The summed E-state index contributed by atoms with van der Waals surface area (Å²) in [5.41, 5.74) is -3.38. The second kappa shape index (κ2) is 10.1. The number of non-ortho nitro benzene ring substituents is 1. The van der Waals surface area contributed by atoms with E-state index in [1.165, 1.54) is 26.2 Å². The van der Waals surface area contributed by atoms with Gasteiger partial charge in [-0.05, 0) is 45.8 Å². The highest BCUT2D eigenvalue weighted by atomic mass is 79.9.